The van der Waals surface area contributed by atoms with Gasteiger partial charge in [-0.15, -0.1) is 11.3 Å². The molecule has 1 heterocycles. The molecule has 1 aliphatic rings. The molecule has 1 N–H and O–H groups in total. The Kier molecular flexibility index (Phi) is 4.05. The van der Waals surface area contributed by atoms with Gasteiger partial charge < -0.3 is 0 Å². The van der Waals surface area contributed by atoms with Crippen molar-refractivity contribution >= 4 is 21.4 Å². The van der Waals surface area contributed by atoms with E-state index < -0.39 is 10.0 Å². The minimum Gasteiger partial charge on any atom is -0.207 e. The number of nitriles is 1. The number of thiophene rings is 1. The van der Waals surface area contributed by atoms with E-state index in [9.17, 15) is 8.42 Å². The van der Waals surface area contributed by atoms with Crippen molar-refractivity contribution in [3.8, 4) is 6.07 Å². The number of nitrogens with zero attached hydrogens (tertiary/aromatic N) is 1. The topological polar surface area (TPSA) is 70.0 Å². The largest absolute Gasteiger partial charge is 0.250 e. The predicted octanol–water partition coefficient (Wildman–Crippen LogP) is 2.48. The summed E-state index contributed by atoms with van der Waals surface area (Å²) in [6.45, 7) is 1.92. The SMILES string of the molecule is CC(NS(=O)(=O)c1ccc(C#N)s1)C1CCCC1. The highest BCUT2D eigenvalue weighted by Crippen LogP contribution is 2.29. The lowest BCUT2D eigenvalue weighted by Crippen LogP contribution is -2.36. The molecule has 0 saturated heterocycles. The molecule has 1 aliphatic carbocycles. The zero-order valence-corrected chi connectivity index (χ0v) is 11.9. The Labute approximate surface area is 112 Å². The molecule has 1 fully saturated rings. The lowest BCUT2D eigenvalue weighted by molar-refractivity contribution is 0.424. The van der Waals surface area contributed by atoms with E-state index in [2.05, 4.69) is 4.72 Å². The molecular weight excluding hydrogens is 268 g/mol. The maximum Gasteiger partial charge on any atom is 0.250 e. The van der Waals surface area contributed by atoms with Gasteiger partial charge in [0.25, 0.3) is 0 Å². The molecule has 0 aromatic carbocycles. The maximum atomic E-state index is 12.1. The molecule has 1 atom stereocenters. The monoisotopic (exact) mass is 284 g/mol. The van der Waals surface area contributed by atoms with Gasteiger partial charge in [-0.05, 0) is 37.8 Å². The summed E-state index contributed by atoms with van der Waals surface area (Å²) in [4.78, 5) is 0.420. The van der Waals surface area contributed by atoms with E-state index in [1.54, 1.807) is 6.07 Å². The highest BCUT2D eigenvalue weighted by molar-refractivity contribution is 7.91. The molecule has 0 radical (unpaired) electrons. The Morgan fingerprint density at radius 3 is 2.67 bits per heavy atom. The van der Waals surface area contributed by atoms with Crippen molar-refractivity contribution in [2.75, 3.05) is 0 Å². The van der Waals surface area contributed by atoms with Crippen molar-refractivity contribution in [2.24, 2.45) is 5.92 Å². The Morgan fingerprint density at radius 1 is 1.44 bits per heavy atom. The summed E-state index contributed by atoms with van der Waals surface area (Å²) in [6.07, 6.45) is 4.57. The lowest BCUT2D eigenvalue weighted by atomic mass is 10.0. The standard InChI is InChI=1S/C12H16N2O2S2/c1-9(10-4-2-3-5-10)14-18(15,16)12-7-6-11(8-13)17-12/h6-7,9-10,14H,2-5H2,1H3. The molecular formula is C12H16N2O2S2. The smallest absolute Gasteiger partial charge is 0.207 e. The quantitative estimate of drug-likeness (QED) is 0.923. The van der Waals surface area contributed by atoms with Crippen LogP contribution in [0.4, 0.5) is 0 Å². The molecule has 0 bridgehead atoms. The Morgan fingerprint density at radius 2 is 2.11 bits per heavy atom. The van der Waals surface area contributed by atoms with Crippen LogP contribution in [0.15, 0.2) is 16.3 Å². The Balaban J connectivity index is 2.09. The molecule has 1 aromatic rings. The van der Waals surface area contributed by atoms with Gasteiger partial charge in [-0.1, -0.05) is 12.8 Å². The van der Waals surface area contributed by atoms with Crippen molar-refractivity contribution in [1.29, 1.82) is 5.26 Å². The van der Waals surface area contributed by atoms with Crippen LogP contribution in [0.3, 0.4) is 0 Å². The van der Waals surface area contributed by atoms with E-state index in [4.69, 9.17) is 5.26 Å². The summed E-state index contributed by atoms with van der Waals surface area (Å²) in [6, 6.07) is 4.95. The molecule has 0 spiro atoms. The molecule has 1 aromatic heterocycles. The van der Waals surface area contributed by atoms with Crippen molar-refractivity contribution in [1.82, 2.24) is 4.72 Å². The first-order valence-corrected chi connectivity index (χ1v) is 8.35. The molecule has 0 amide bonds. The van der Waals surface area contributed by atoms with Crippen LogP contribution < -0.4 is 4.72 Å². The minimum absolute atomic E-state index is 0.0369. The number of rotatable bonds is 4. The summed E-state index contributed by atoms with van der Waals surface area (Å²) in [5.74, 6) is 0.440. The van der Waals surface area contributed by atoms with Gasteiger partial charge in [0.1, 0.15) is 15.2 Å². The van der Waals surface area contributed by atoms with Crippen LogP contribution in [-0.2, 0) is 10.0 Å². The third kappa shape index (κ3) is 2.91. The van der Waals surface area contributed by atoms with Crippen LogP contribution in [0.25, 0.3) is 0 Å². The van der Waals surface area contributed by atoms with Crippen LogP contribution in [0.5, 0.6) is 0 Å². The second-order valence-electron chi connectivity index (χ2n) is 4.68. The number of hydrogen-bond donors (Lipinski definition) is 1. The fourth-order valence-corrected chi connectivity index (χ4v) is 4.81. The highest BCUT2D eigenvalue weighted by Gasteiger charge is 2.26. The van der Waals surface area contributed by atoms with Crippen LogP contribution >= 0.6 is 11.3 Å². The van der Waals surface area contributed by atoms with Crippen LogP contribution in [-0.4, -0.2) is 14.5 Å². The van der Waals surface area contributed by atoms with Crippen LogP contribution in [0.1, 0.15) is 37.5 Å². The van der Waals surface area contributed by atoms with Crippen molar-refractivity contribution < 1.29 is 8.42 Å². The summed E-state index contributed by atoms with van der Waals surface area (Å²) < 4.78 is 27.2. The molecule has 1 unspecified atom stereocenters. The lowest BCUT2D eigenvalue weighted by Gasteiger charge is -2.19. The van der Waals surface area contributed by atoms with E-state index >= 15 is 0 Å². The zero-order chi connectivity index (χ0) is 13.2. The van der Waals surface area contributed by atoms with Crippen molar-refractivity contribution in [3.05, 3.63) is 17.0 Å². The van der Waals surface area contributed by atoms with Crippen LogP contribution in [0.2, 0.25) is 0 Å². The maximum absolute atomic E-state index is 12.1. The first-order chi connectivity index (χ1) is 8.53. The highest BCUT2D eigenvalue weighted by atomic mass is 32.2. The molecule has 6 heteroatoms. The number of hydrogen-bond acceptors (Lipinski definition) is 4. The third-order valence-corrected chi connectivity index (χ3v) is 6.45. The van der Waals surface area contributed by atoms with E-state index in [0.29, 0.717) is 10.8 Å². The Hall–Kier alpha value is -0.900. The number of nitrogens with one attached hydrogen (secondary N) is 1. The average molecular weight is 284 g/mol. The summed E-state index contributed by atoms with van der Waals surface area (Å²) in [7, 11) is -3.47. The molecule has 98 valence electrons. The summed E-state index contributed by atoms with van der Waals surface area (Å²) in [5, 5.41) is 8.72. The molecule has 18 heavy (non-hydrogen) atoms. The molecule has 0 aliphatic heterocycles. The third-order valence-electron chi connectivity index (χ3n) is 3.40. The van der Waals surface area contributed by atoms with Gasteiger partial charge in [0.2, 0.25) is 10.0 Å². The summed E-state index contributed by atoms with van der Waals surface area (Å²) >= 11 is 1.01. The first-order valence-electron chi connectivity index (χ1n) is 6.05. The van der Waals surface area contributed by atoms with Gasteiger partial charge in [-0.2, -0.15) is 5.26 Å². The first kappa shape index (κ1) is 13.5. The van der Waals surface area contributed by atoms with Gasteiger partial charge in [-0.25, -0.2) is 13.1 Å². The second-order valence-corrected chi connectivity index (χ2v) is 7.71. The Bertz CT molecular complexity index is 551. The fraction of sp³-hybridized carbons (Fsp3) is 0.583. The molecule has 2 rings (SSSR count). The predicted molar refractivity (Wildman–Crippen MR) is 70.8 cm³/mol. The normalized spacial score (nSPS) is 18.7. The van der Waals surface area contributed by atoms with E-state index in [0.717, 1.165) is 24.2 Å². The van der Waals surface area contributed by atoms with Crippen LogP contribution in [0, 0.1) is 17.2 Å². The molecule has 4 nitrogen and oxygen atoms in total. The van der Waals surface area contributed by atoms with E-state index in [1.807, 2.05) is 13.0 Å². The fourth-order valence-electron chi connectivity index (χ4n) is 2.38. The van der Waals surface area contributed by atoms with E-state index in [1.165, 1.54) is 18.9 Å². The van der Waals surface area contributed by atoms with Gasteiger partial charge >= 0.3 is 0 Å². The van der Waals surface area contributed by atoms with E-state index in [-0.39, 0.29) is 10.3 Å². The van der Waals surface area contributed by atoms with Gasteiger partial charge in [0.15, 0.2) is 0 Å². The molecule has 1 saturated carbocycles. The van der Waals surface area contributed by atoms with Gasteiger partial charge in [0, 0.05) is 6.04 Å². The zero-order valence-electron chi connectivity index (χ0n) is 10.2. The van der Waals surface area contributed by atoms with Crippen molar-refractivity contribution in [2.45, 2.75) is 42.9 Å². The second kappa shape index (κ2) is 5.39. The summed E-state index contributed by atoms with van der Waals surface area (Å²) in [5.41, 5.74) is 0. The number of sulfonamides is 1. The van der Waals surface area contributed by atoms with Crippen molar-refractivity contribution in [3.63, 3.8) is 0 Å². The minimum atomic E-state index is -3.47. The average Bonchev–Trinajstić information content (AvgIpc) is 3.00. The van der Waals surface area contributed by atoms with Gasteiger partial charge in [-0.3, -0.25) is 0 Å². The van der Waals surface area contributed by atoms with Gasteiger partial charge in [0.05, 0.1) is 0 Å².